The molecule has 0 atom stereocenters. The zero-order chi connectivity index (χ0) is 9.97. The average molecular weight is 272 g/mol. The van der Waals surface area contributed by atoms with E-state index in [4.69, 9.17) is 0 Å². The Labute approximate surface area is 94.9 Å². The fourth-order valence-electron chi connectivity index (χ4n) is 1.13. The van der Waals surface area contributed by atoms with Crippen molar-refractivity contribution in [3.05, 3.63) is 33.1 Å². The number of halogens is 1. The van der Waals surface area contributed by atoms with Crippen LogP contribution in [0, 0.1) is 0 Å². The molecule has 0 aromatic carbocycles. The summed E-state index contributed by atoms with van der Waals surface area (Å²) >= 11 is 5.22. The second-order valence-electron chi connectivity index (χ2n) is 2.92. The third kappa shape index (κ3) is 2.16. The third-order valence-corrected chi connectivity index (χ3v) is 3.76. The highest BCUT2D eigenvalue weighted by molar-refractivity contribution is 9.10. The first-order valence-corrected chi connectivity index (χ1v) is 5.88. The minimum atomic E-state index is 0.815. The summed E-state index contributed by atoms with van der Waals surface area (Å²) in [5, 5.41) is 9.56. The molecule has 0 aliphatic carbocycles. The highest BCUT2D eigenvalue weighted by Crippen LogP contribution is 2.23. The lowest BCUT2D eigenvalue weighted by atomic mass is 10.4. The second-order valence-corrected chi connectivity index (χ2v) is 4.77. The highest BCUT2D eigenvalue weighted by atomic mass is 79.9. The van der Waals surface area contributed by atoms with E-state index in [2.05, 4.69) is 37.8 Å². The van der Waals surface area contributed by atoms with E-state index in [9.17, 15) is 0 Å². The molecule has 0 spiro atoms. The Morgan fingerprint density at radius 2 is 2.43 bits per heavy atom. The molecule has 0 aliphatic heterocycles. The Morgan fingerprint density at radius 3 is 3.00 bits per heavy atom. The fraction of sp³-hybridized carbons (Fsp3) is 0.222. The van der Waals surface area contributed by atoms with E-state index in [0.717, 1.165) is 16.8 Å². The third-order valence-electron chi connectivity index (χ3n) is 1.83. The summed E-state index contributed by atoms with van der Waals surface area (Å²) in [6.45, 7) is 0.815. The number of aryl methyl sites for hydroxylation is 1. The fourth-order valence-corrected chi connectivity index (χ4v) is 2.56. The van der Waals surface area contributed by atoms with Crippen molar-refractivity contribution in [2.45, 2.75) is 6.54 Å². The summed E-state index contributed by atoms with van der Waals surface area (Å²) in [6, 6.07) is 4.02. The van der Waals surface area contributed by atoms with Crippen LogP contribution in [0.15, 0.2) is 28.2 Å². The molecule has 1 N–H and O–H groups in total. The van der Waals surface area contributed by atoms with Crippen LogP contribution in [-0.2, 0) is 13.6 Å². The summed E-state index contributed by atoms with van der Waals surface area (Å²) in [7, 11) is 1.91. The lowest BCUT2D eigenvalue weighted by Crippen LogP contribution is -1.99. The smallest absolute Gasteiger partial charge is 0.148 e. The summed E-state index contributed by atoms with van der Waals surface area (Å²) in [5.74, 6) is 0.910. The summed E-state index contributed by atoms with van der Waals surface area (Å²) < 4.78 is 2.94. The van der Waals surface area contributed by atoms with Gasteiger partial charge in [-0.3, -0.25) is 4.68 Å². The van der Waals surface area contributed by atoms with E-state index in [1.807, 2.05) is 19.3 Å². The van der Waals surface area contributed by atoms with Crippen LogP contribution in [0.3, 0.4) is 0 Å². The predicted octanol–water partition coefficient (Wildman–Crippen LogP) is 2.86. The molecule has 0 bridgehead atoms. The molecule has 5 heteroatoms. The summed E-state index contributed by atoms with van der Waals surface area (Å²) in [5.41, 5.74) is 0. The Morgan fingerprint density at radius 1 is 1.57 bits per heavy atom. The molecular formula is C9H10BrN3S. The molecule has 74 valence electrons. The van der Waals surface area contributed by atoms with Gasteiger partial charge in [0, 0.05) is 28.7 Å². The van der Waals surface area contributed by atoms with Gasteiger partial charge in [0.05, 0.1) is 6.54 Å². The van der Waals surface area contributed by atoms with Crippen LogP contribution in [0.1, 0.15) is 4.88 Å². The highest BCUT2D eigenvalue weighted by Gasteiger charge is 2.01. The number of hydrogen-bond acceptors (Lipinski definition) is 3. The monoisotopic (exact) mass is 271 g/mol. The summed E-state index contributed by atoms with van der Waals surface area (Å²) in [4.78, 5) is 1.29. The minimum absolute atomic E-state index is 0.815. The number of aromatic nitrogens is 2. The van der Waals surface area contributed by atoms with Gasteiger partial charge < -0.3 is 5.32 Å². The first-order valence-electron chi connectivity index (χ1n) is 4.21. The molecule has 0 radical (unpaired) electrons. The van der Waals surface area contributed by atoms with E-state index in [-0.39, 0.29) is 0 Å². The molecule has 0 saturated carbocycles. The van der Waals surface area contributed by atoms with Gasteiger partial charge in [-0.05, 0) is 27.4 Å². The minimum Gasteiger partial charge on any atom is -0.364 e. The standard InChI is InChI=1S/C9H10BrN3S/c1-13-4-2-9(12-13)11-6-8-7(10)3-5-14-8/h2-5H,6H2,1H3,(H,11,12). The van der Waals surface area contributed by atoms with Crippen molar-refractivity contribution in [2.75, 3.05) is 5.32 Å². The Bertz CT molecular complexity index is 421. The molecule has 2 heterocycles. The van der Waals surface area contributed by atoms with Crippen molar-refractivity contribution in [3.8, 4) is 0 Å². The van der Waals surface area contributed by atoms with Crippen molar-refractivity contribution in [1.29, 1.82) is 0 Å². The number of nitrogens with one attached hydrogen (secondary N) is 1. The van der Waals surface area contributed by atoms with E-state index < -0.39 is 0 Å². The molecule has 3 nitrogen and oxygen atoms in total. The van der Waals surface area contributed by atoms with Crippen LogP contribution in [0.25, 0.3) is 0 Å². The van der Waals surface area contributed by atoms with Gasteiger partial charge in [0.2, 0.25) is 0 Å². The predicted molar refractivity (Wildman–Crippen MR) is 62.6 cm³/mol. The molecule has 0 unspecified atom stereocenters. The Hall–Kier alpha value is -0.810. The molecule has 0 saturated heterocycles. The first-order chi connectivity index (χ1) is 6.75. The molecule has 2 rings (SSSR count). The van der Waals surface area contributed by atoms with Crippen LogP contribution >= 0.6 is 27.3 Å². The van der Waals surface area contributed by atoms with Crippen LogP contribution in [-0.4, -0.2) is 9.78 Å². The maximum Gasteiger partial charge on any atom is 0.148 e. The number of hydrogen-bond donors (Lipinski definition) is 1. The van der Waals surface area contributed by atoms with Crippen molar-refractivity contribution in [2.24, 2.45) is 7.05 Å². The van der Waals surface area contributed by atoms with Gasteiger partial charge in [-0.25, -0.2) is 0 Å². The van der Waals surface area contributed by atoms with Crippen molar-refractivity contribution >= 4 is 33.1 Å². The zero-order valence-corrected chi connectivity index (χ0v) is 10.1. The van der Waals surface area contributed by atoms with Crippen LogP contribution in [0.2, 0.25) is 0 Å². The lowest BCUT2D eigenvalue weighted by molar-refractivity contribution is 0.768. The van der Waals surface area contributed by atoms with Crippen LogP contribution in [0.4, 0.5) is 5.82 Å². The van der Waals surface area contributed by atoms with Gasteiger partial charge in [-0.15, -0.1) is 11.3 Å². The molecule has 14 heavy (non-hydrogen) atoms. The van der Waals surface area contributed by atoms with Gasteiger partial charge in [0.25, 0.3) is 0 Å². The molecule has 2 aromatic rings. The van der Waals surface area contributed by atoms with Gasteiger partial charge in [-0.2, -0.15) is 5.10 Å². The van der Waals surface area contributed by atoms with E-state index >= 15 is 0 Å². The average Bonchev–Trinajstić information content (AvgIpc) is 2.72. The first kappa shape index (κ1) is 9.73. The van der Waals surface area contributed by atoms with Gasteiger partial charge >= 0.3 is 0 Å². The largest absolute Gasteiger partial charge is 0.364 e. The Kier molecular flexibility index (Phi) is 2.88. The lowest BCUT2D eigenvalue weighted by Gasteiger charge is -2.00. The number of nitrogens with zero attached hydrogens (tertiary/aromatic N) is 2. The van der Waals surface area contributed by atoms with Gasteiger partial charge in [0.15, 0.2) is 0 Å². The zero-order valence-electron chi connectivity index (χ0n) is 7.70. The van der Waals surface area contributed by atoms with Crippen molar-refractivity contribution in [1.82, 2.24) is 9.78 Å². The van der Waals surface area contributed by atoms with Crippen molar-refractivity contribution in [3.63, 3.8) is 0 Å². The number of rotatable bonds is 3. The normalized spacial score (nSPS) is 10.4. The molecule has 0 fully saturated rings. The quantitative estimate of drug-likeness (QED) is 0.931. The second kappa shape index (κ2) is 4.14. The molecule has 0 aliphatic rings. The maximum absolute atomic E-state index is 4.23. The molecule has 0 amide bonds. The van der Waals surface area contributed by atoms with Crippen LogP contribution < -0.4 is 5.32 Å². The SMILES string of the molecule is Cn1ccc(NCc2sccc2Br)n1. The Balaban J connectivity index is 1.98. The van der Waals surface area contributed by atoms with E-state index in [1.54, 1.807) is 16.0 Å². The van der Waals surface area contributed by atoms with Gasteiger partial charge in [-0.1, -0.05) is 0 Å². The summed E-state index contributed by atoms with van der Waals surface area (Å²) in [6.07, 6.45) is 1.92. The van der Waals surface area contributed by atoms with E-state index in [1.165, 1.54) is 4.88 Å². The number of anilines is 1. The number of thiophene rings is 1. The van der Waals surface area contributed by atoms with E-state index in [0.29, 0.717) is 0 Å². The van der Waals surface area contributed by atoms with Crippen molar-refractivity contribution < 1.29 is 0 Å². The maximum atomic E-state index is 4.23. The van der Waals surface area contributed by atoms with Gasteiger partial charge in [0.1, 0.15) is 5.82 Å². The van der Waals surface area contributed by atoms with Crippen LogP contribution in [0.5, 0.6) is 0 Å². The molecule has 2 aromatic heterocycles. The topological polar surface area (TPSA) is 29.9 Å². The molecular weight excluding hydrogens is 262 g/mol.